The first-order valence-electron chi connectivity index (χ1n) is 13.3. The molecule has 1 fully saturated rings. The third-order valence-corrected chi connectivity index (χ3v) is 8.54. The van der Waals surface area contributed by atoms with Crippen LogP contribution in [0.5, 0.6) is 11.5 Å². The molecule has 0 bridgehead atoms. The fourth-order valence-corrected chi connectivity index (χ4v) is 6.89. The summed E-state index contributed by atoms with van der Waals surface area (Å²) >= 11 is 0. The van der Waals surface area contributed by atoms with Crippen molar-refractivity contribution in [1.82, 2.24) is 0 Å². The van der Waals surface area contributed by atoms with E-state index in [1.54, 1.807) is 60.7 Å². The molecule has 0 N–H and O–H groups in total. The Morgan fingerprint density at radius 1 is 0.925 bits per heavy atom. The molecule has 0 saturated carbocycles. The fraction of sp³-hybridized carbons (Fsp3) is 0.303. The first-order chi connectivity index (χ1) is 19.1. The molecule has 6 nitrogen and oxygen atoms in total. The zero-order valence-corrected chi connectivity index (χ0v) is 23.0. The molecule has 0 unspecified atom stereocenters. The Bertz CT molecular complexity index is 1580. The number of rotatable bonds is 4. The number of halogens is 1. The summed E-state index contributed by atoms with van der Waals surface area (Å²) in [5, 5.41) is 0. The van der Waals surface area contributed by atoms with Crippen LogP contribution in [0.2, 0.25) is 0 Å². The van der Waals surface area contributed by atoms with Crippen LogP contribution < -0.4 is 14.4 Å². The zero-order valence-electron chi connectivity index (χ0n) is 23.0. The van der Waals surface area contributed by atoms with Gasteiger partial charge in [-0.1, -0.05) is 69.3 Å². The molecule has 7 heteroatoms. The van der Waals surface area contributed by atoms with Crippen molar-refractivity contribution in [3.63, 3.8) is 0 Å². The Kier molecular flexibility index (Phi) is 5.77. The van der Waals surface area contributed by atoms with Crippen molar-refractivity contribution >= 4 is 29.1 Å². The molecular formula is C33H30FNO5. The fourth-order valence-electron chi connectivity index (χ4n) is 6.89. The number of fused-ring (bicyclic) bond motifs is 5. The maximum Gasteiger partial charge on any atom is 0.180 e. The topological polar surface area (TPSA) is 72.9 Å². The van der Waals surface area contributed by atoms with Gasteiger partial charge in [0.2, 0.25) is 0 Å². The van der Waals surface area contributed by atoms with E-state index in [0.717, 1.165) is 0 Å². The van der Waals surface area contributed by atoms with Crippen LogP contribution in [0.15, 0.2) is 66.7 Å². The van der Waals surface area contributed by atoms with Gasteiger partial charge in [-0.3, -0.25) is 14.4 Å². The Morgan fingerprint density at radius 2 is 1.60 bits per heavy atom. The van der Waals surface area contributed by atoms with Gasteiger partial charge in [0, 0.05) is 39.3 Å². The summed E-state index contributed by atoms with van der Waals surface area (Å²) in [6.45, 7) is 5.48. The lowest BCUT2D eigenvalue weighted by atomic mass is 9.63. The number of ether oxygens (including phenoxy) is 2. The van der Waals surface area contributed by atoms with E-state index in [4.69, 9.17) is 9.47 Å². The first kappa shape index (κ1) is 26.0. The van der Waals surface area contributed by atoms with Crippen LogP contribution in [0.25, 0.3) is 6.08 Å². The molecule has 3 aliphatic rings. The highest BCUT2D eigenvalue weighted by molar-refractivity contribution is 6.32. The van der Waals surface area contributed by atoms with E-state index in [1.807, 2.05) is 25.7 Å². The number of ketones is 3. The average molecular weight is 540 g/mol. The lowest BCUT2D eigenvalue weighted by Crippen LogP contribution is -2.49. The molecule has 1 spiro atoms. The van der Waals surface area contributed by atoms with Gasteiger partial charge in [0.05, 0.1) is 26.3 Å². The van der Waals surface area contributed by atoms with Gasteiger partial charge in [-0.25, -0.2) is 4.39 Å². The predicted octanol–water partition coefficient (Wildman–Crippen LogP) is 5.89. The van der Waals surface area contributed by atoms with Crippen molar-refractivity contribution in [3.8, 4) is 11.5 Å². The molecule has 40 heavy (non-hydrogen) atoms. The van der Waals surface area contributed by atoms with E-state index in [0.29, 0.717) is 39.4 Å². The van der Waals surface area contributed by atoms with Crippen molar-refractivity contribution in [1.29, 1.82) is 0 Å². The minimum atomic E-state index is -1.67. The van der Waals surface area contributed by atoms with Gasteiger partial charge in [-0.05, 0) is 24.3 Å². The van der Waals surface area contributed by atoms with E-state index < -0.39 is 34.6 Å². The van der Waals surface area contributed by atoms with Crippen LogP contribution in [0, 0.1) is 16.6 Å². The predicted molar refractivity (Wildman–Crippen MR) is 150 cm³/mol. The molecule has 2 aliphatic heterocycles. The summed E-state index contributed by atoms with van der Waals surface area (Å²) in [6.07, 6.45) is 3.52. The molecule has 0 aromatic heterocycles. The van der Waals surface area contributed by atoms with Crippen LogP contribution >= 0.6 is 0 Å². The van der Waals surface area contributed by atoms with Gasteiger partial charge >= 0.3 is 0 Å². The van der Waals surface area contributed by atoms with Gasteiger partial charge in [-0.15, -0.1) is 0 Å². The molecule has 3 aromatic carbocycles. The van der Waals surface area contributed by atoms with Crippen LogP contribution in [0.4, 0.5) is 10.1 Å². The van der Waals surface area contributed by atoms with Crippen LogP contribution in [0.3, 0.4) is 0 Å². The number of hydrogen-bond donors (Lipinski definition) is 0. The summed E-state index contributed by atoms with van der Waals surface area (Å²) in [5.41, 5.74) is -0.126. The summed E-state index contributed by atoms with van der Waals surface area (Å²) in [6, 6.07) is 14.8. The minimum Gasteiger partial charge on any atom is -0.493 e. The molecule has 1 saturated heterocycles. The number of nitrogens with zero attached hydrogens (tertiary/aromatic N) is 1. The molecular weight excluding hydrogens is 509 g/mol. The van der Waals surface area contributed by atoms with E-state index in [1.165, 1.54) is 26.4 Å². The second-order valence-corrected chi connectivity index (χ2v) is 11.6. The van der Waals surface area contributed by atoms with E-state index in [2.05, 4.69) is 0 Å². The second-order valence-electron chi connectivity index (χ2n) is 11.6. The highest BCUT2D eigenvalue weighted by atomic mass is 19.1. The van der Waals surface area contributed by atoms with Crippen molar-refractivity contribution in [3.05, 3.63) is 94.8 Å². The molecule has 0 radical (unpaired) electrons. The third kappa shape index (κ3) is 3.30. The lowest BCUT2D eigenvalue weighted by molar-refractivity contribution is -0.127. The smallest absolute Gasteiger partial charge is 0.180 e. The number of para-hydroxylation sites is 1. The highest BCUT2D eigenvalue weighted by Crippen LogP contribution is 2.62. The van der Waals surface area contributed by atoms with Crippen molar-refractivity contribution in [2.24, 2.45) is 10.8 Å². The van der Waals surface area contributed by atoms with Crippen molar-refractivity contribution in [2.45, 2.75) is 38.8 Å². The minimum absolute atomic E-state index is 0.147. The van der Waals surface area contributed by atoms with Crippen LogP contribution in [0.1, 0.15) is 58.5 Å². The maximum atomic E-state index is 14.7. The SMILES string of the molecule is COc1cccc([C@H]2[C@H](C(=O)C(C)(C)C)N3c4ccc(F)cc4C=C[C@@H]3C23C(=O)c2ccccc2C3=O)c1OC. The number of benzene rings is 3. The zero-order chi connectivity index (χ0) is 28.6. The largest absolute Gasteiger partial charge is 0.493 e. The Balaban J connectivity index is 1.74. The monoisotopic (exact) mass is 539 g/mol. The molecule has 6 rings (SSSR count). The molecule has 3 aromatic rings. The number of methoxy groups -OCH3 is 2. The van der Waals surface area contributed by atoms with Crippen molar-refractivity contribution < 1.29 is 28.2 Å². The summed E-state index contributed by atoms with van der Waals surface area (Å²) in [7, 11) is 3.02. The summed E-state index contributed by atoms with van der Waals surface area (Å²) in [4.78, 5) is 45.8. The molecule has 0 amide bonds. The summed E-state index contributed by atoms with van der Waals surface area (Å²) in [5.74, 6) is -1.37. The molecule has 2 heterocycles. The number of Topliss-reactive ketones (excluding diaryl/α,β-unsaturated/α-hetero) is 3. The number of carbonyl (C=O) groups is 3. The van der Waals surface area contributed by atoms with E-state index in [9.17, 15) is 18.8 Å². The molecule has 3 atom stereocenters. The maximum absolute atomic E-state index is 14.7. The van der Waals surface area contributed by atoms with Gasteiger partial charge in [0.15, 0.2) is 28.8 Å². The Hall–Kier alpha value is -4.26. The average Bonchev–Trinajstić information content (AvgIpc) is 3.37. The van der Waals surface area contributed by atoms with Gasteiger partial charge in [0.1, 0.15) is 11.2 Å². The number of hydrogen-bond acceptors (Lipinski definition) is 6. The quantitative estimate of drug-likeness (QED) is 0.385. The molecule has 204 valence electrons. The van der Waals surface area contributed by atoms with Crippen LogP contribution in [-0.2, 0) is 4.79 Å². The standard InChI is InChI=1S/C33H30FNO5/c1-32(2,3)31(38)27-26(22-11-8-12-24(39-4)28(22)40-5)33(29(36)20-9-6-7-10-21(20)30(33)37)25-16-13-18-17-19(34)14-15-23(18)35(25)27/h6-17,25-27H,1-5H3/t25-,26+,27-/m1/s1. The van der Waals surface area contributed by atoms with Gasteiger partial charge < -0.3 is 14.4 Å². The Morgan fingerprint density at radius 3 is 2.20 bits per heavy atom. The second kappa shape index (κ2) is 8.88. The Labute approximate surface area is 232 Å². The van der Waals surface area contributed by atoms with Gasteiger partial charge in [0.25, 0.3) is 0 Å². The first-order valence-corrected chi connectivity index (χ1v) is 13.3. The van der Waals surface area contributed by atoms with Gasteiger partial charge in [-0.2, -0.15) is 0 Å². The normalized spacial score (nSPS) is 22.2. The number of carbonyl (C=O) groups excluding carboxylic acids is 3. The third-order valence-electron chi connectivity index (χ3n) is 8.54. The van der Waals surface area contributed by atoms with Crippen LogP contribution in [-0.4, -0.2) is 43.7 Å². The van der Waals surface area contributed by atoms with E-state index in [-0.39, 0.29) is 17.3 Å². The van der Waals surface area contributed by atoms with Crippen molar-refractivity contribution in [2.75, 3.05) is 19.1 Å². The highest BCUT2D eigenvalue weighted by Gasteiger charge is 2.72. The molecule has 1 aliphatic carbocycles. The van der Waals surface area contributed by atoms with E-state index >= 15 is 0 Å². The summed E-state index contributed by atoms with van der Waals surface area (Å²) < 4.78 is 25.8. The lowest BCUT2D eigenvalue weighted by Gasteiger charge is -2.38. The number of anilines is 1.